The van der Waals surface area contributed by atoms with Gasteiger partial charge in [0.1, 0.15) is 0 Å². The molecule has 3 heteroatoms. The smallest absolute Gasteiger partial charge is 0.201 e. The Morgan fingerprint density at radius 1 is 1.06 bits per heavy atom. The van der Waals surface area contributed by atoms with E-state index in [1.165, 1.54) is 12.1 Å². The highest BCUT2D eigenvalue weighted by molar-refractivity contribution is 5.29. The molecule has 0 amide bonds. The van der Waals surface area contributed by atoms with Crippen LogP contribution in [0, 0.1) is 11.3 Å². The second kappa shape index (κ2) is 4.83. The molecule has 1 rings (SSSR count). The topological polar surface area (TPSA) is 23.8 Å². The van der Waals surface area contributed by atoms with E-state index in [4.69, 9.17) is 5.26 Å². The number of alkyl halides is 2. The number of hydrogen-bond donors (Lipinski definition) is 0. The van der Waals surface area contributed by atoms with Crippen LogP contribution in [0.3, 0.4) is 0 Å². The minimum atomic E-state index is -2.91. The Labute approximate surface area is 101 Å². The van der Waals surface area contributed by atoms with Crippen molar-refractivity contribution in [3.63, 3.8) is 0 Å². The van der Waals surface area contributed by atoms with E-state index in [-0.39, 0.29) is 17.4 Å². The molecule has 0 spiro atoms. The Bertz CT molecular complexity index is 407. The summed E-state index contributed by atoms with van der Waals surface area (Å²) in [4.78, 5) is 0. The van der Waals surface area contributed by atoms with E-state index in [0.29, 0.717) is 0 Å². The van der Waals surface area contributed by atoms with Crippen LogP contribution in [0.1, 0.15) is 44.7 Å². The van der Waals surface area contributed by atoms with Crippen LogP contribution in [-0.4, -0.2) is 0 Å². The average Bonchev–Trinajstić information content (AvgIpc) is 2.25. The lowest BCUT2D eigenvalue weighted by Crippen LogP contribution is -2.15. The van der Waals surface area contributed by atoms with Gasteiger partial charge in [0.15, 0.2) is 0 Å². The molecule has 0 heterocycles. The molecule has 0 aliphatic rings. The molecule has 92 valence electrons. The second-order valence-electron chi connectivity index (χ2n) is 5.19. The van der Waals surface area contributed by atoms with Crippen molar-refractivity contribution in [3.05, 3.63) is 35.4 Å². The van der Waals surface area contributed by atoms with Crippen LogP contribution >= 0.6 is 0 Å². The van der Waals surface area contributed by atoms with Crippen molar-refractivity contribution in [2.24, 2.45) is 0 Å². The summed E-state index contributed by atoms with van der Waals surface area (Å²) in [5.41, 5.74) is 0.971. The first-order chi connectivity index (χ1) is 7.77. The molecule has 0 N–H and O–H groups in total. The highest BCUT2D eigenvalue weighted by atomic mass is 19.3. The minimum absolute atomic E-state index is 0.0132. The van der Waals surface area contributed by atoms with Crippen LogP contribution in [0.4, 0.5) is 8.78 Å². The largest absolute Gasteiger partial charge is 0.274 e. The Morgan fingerprint density at radius 3 is 1.94 bits per heavy atom. The summed E-state index contributed by atoms with van der Waals surface area (Å²) in [6, 6.07) is 8.13. The van der Waals surface area contributed by atoms with Crippen LogP contribution in [0.2, 0.25) is 0 Å². The van der Waals surface area contributed by atoms with Crippen molar-refractivity contribution in [2.75, 3.05) is 0 Å². The molecule has 0 fully saturated rings. The van der Waals surface area contributed by atoms with E-state index in [0.717, 1.165) is 5.56 Å². The molecule has 0 aliphatic heterocycles. The first-order valence-electron chi connectivity index (χ1n) is 5.63. The first kappa shape index (κ1) is 13.6. The summed E-state index contributed by atoms with van der Waals surface area (Å²) in [6.07, 6.45) is -0.549. The molecule has 0 atom stereocenters. The molecule has 0 aliphatic carbocycles. The van der Waals surface area contributed by atoms with Gasteiger partial charge in [-0.05, 0) is 11.0 Å². The van der Waals surface area contributed by atoms with Gasteiger partial charge in [0, 0.05) is 18.4 Å². The van der Waals surface area contributed by atoms with Crippen molar-refractivity contribution in [1.82, 2.24) is 0 Å². The fourth-order valence-corrected chi connectivity index (χ4v) is 1.57. The summed E-state index contributed by atoms with van der Waals surface area (Å²) in [5.74, 6) is -2.91. The van der Waals surface area contributed by atoms with Crippen molar-refractivity contribution in [1.29, 1.82) is 5.26 Å². The Kier molecular flexibility index (Phi) is 3.87. The lowest BCUT2D eigenvalue weighted by atomic mass is 9.86. The number of hydrogen-bond acceptors (Lipinski definition) is 1. The third-order valence-corrected chi connectivity index (χ3v) is 2.72. The number of rotatable bonds is 3. The summed E-state index contributed by atoms with van der Waals surface area (Å²) in [6.45, 7) is 6.11. The van der Waals surface area contributed by atoms with Crippen molar-refractivity contribution in [3.8, 4) is 6.07 Å². The Morgan fingerprint density at radius 2 is 1.53 bits per heavy atom. The maximum atomic E-state index is 13.6. The van der Waals surface area contributed by atoms with Gasteiger partial charge in [-0.25, -0.2) is 8.78 Å². The van der Waals surface area contributed by atoms with E-state index in [1.54, 1.807) is 18.2 Å². The highest BCUT2D eigenvalue weighted by Gasteiger charge is 2.31. The molecule has 0 saturated carbocycles. The molecular weight excluding hydrogens is 220 g/mol. The summed E-state index contributed by atoms with van der Waals surface area (Å²) in [7, 11) is 0. The van der Waals surface area contributed by atoms with Crippen molar-refractivity contribution < 1.29 is 8.78 Å². The number of nitriles is 1. The van der Waals surface area contributed by atoms with Crippen molar-refractivity contribution >= 4 is 0 Å². The fraction of sp³-hybridized carbons (Fsp3) is 0.500. The molecule has 0 unspecified atom stereocenters. The highest BCUT2D eigenvalue weighted by Crippen LogP contribution is 2.34. The van der Waals surface area contributed by atoms with Gasteiger partial charge in [-0.15, -0.1) is 0 Å². The third kappa shape index (κ3) is 3.52. The van der Waals surface area contributed by atoms with E-state index >= 15 is 0 Å². The predicted molar refractivity (Wildman–Crippen MR) is 63.9 cm³/mol. The number of nitrogens with zero attached hydrogens (tertiary/aromatic N) is 1. The third-order valence-electron chi connectivity index (χ3n) is 2.72. The van der Waals surface area contributed by atoms with Gasteiger partial charge in [-0.1, -0.05) is 45.0 Å². The zero-order chi connectivity index (χ0) is 13.1. The van der Waals surface area contributed by atoms with E-state index in [2.05, 4.69) is 0 Å². The van der Waals surface area contributed by atoms with Gasteiger partial charge in [0.25, 0.3) is 5.92 Å². The van der Waals surface area contributed by atoms with Crippen LogP contribution in [-0.2, 0) is 11.3 Å². The van der Waals surface area contributed by atoms with Gasteiger partial charge in [-0.3, -0.25) is 0 Å². The molecule has 1 nitrogen and oxygen atoms in total. The van der Waals surface area contributed by atoms with Gasteiger partial charge in [0.2, 0.25) is 0 Å². The molecule has 17 heavy (non-hydrogen) atoms. The summed E-state index contributed by atoms with van der Waals surface area (Å²) >= 11 is 0. The second-order valence-corrected chi connectivity index (χ2v) is 5.19. The van der Waals surface area contributed by atoms with Gasteiger partial charge in [-0.2, -0.15) is 5.26 Å². The monoisotopic (exact) mass is 237 g/mol. The lowest BCUT2D eigenvalue weighted by Gasteiger charge is -2.21. The molecule has 0 saturated heterocycles. The normalized spacial score (nSPS) is 12.2. The van der Waals surface area contributed by atoms with Crippen LogP contribution in [0.5, 0.6) is 0 Å². The van der Waals surface area contributed by atoms with E-state index in [9.17, 15) is 8.78 Å². The lowest BCUT2D eigenvalue weighted by molar-refractivity contribution is -0.0119. The quantitative estimate of drug-likeness (QED) is 0.765. The number of halogens is 2. The summed E-state index contributed by atoms with van der Waals surface area (Å²) < 4.78 is 27.2. The Hall–Kier alpha value is -1.43. The molecular formula is C14H17F2N. The van der Waals surface area contributed by atoms with Crippen LogP contribution < -0.4 is 0 Å². The van der Waals surface area contributed by atoms with Crippen molar-refractivity contribution in [2.45, 2.75) is 45.0 Å². The number of benzene rings is 1. The van der Waals surface area contributed by atoms with Crippen LogP contribution in [0.25, 0.3) is 0 Å². The van der Waals surface area contributed by atoms with Gasteiger partial charge in [0.05, 0.1) is 6.07 Å². The van der Waals surface area contributed by atoms with Gasteiger partial charge >= 0.3 is 0 Å². The van der Waals surface area contributed by atoms with Crippen LogP contribution in [0.15, 0.2) is 24.3 Å². The molecule has 0 aromatic heterocycles. The maximum absolute atomic E-state index is 13.6. The zero-order valence-electron chi connectivity index (χ0n) is 10.4. The molecule has 0 bridgehead atoms. The van der Waals surface area contributed by atoms with E-state index in [1.807, 2.05) is 20.8 Å². The SMILES string of the molecule is CC(C)(C)c1ccc(C(F)(F)CCC#N)cc1. The maximum Gasteiger partial charge on any atom is 0.274 e. The minimum Gasteiger partial charge on any atom is -0.201 e. The fourth-order valence-electron chi connectivity index (χ4n) is 1.57. The molecule has 1 aromatic carbocycles. The van der Waals surface area contributed by atoms with Gasteiger partial charge < -0.3 is 0 Å². The summed E-state index contributed by atoms with van der Waals surface area (Å²) in [5, 5.41) is 8.34. The first-order valence-corrected chi connectivity index (χ1v) is 5.63. The van der Waals surface area contributed by atoms with E-state index < -0.39 is 12.3 Å². The molecule has 1 aromatic rings. The Balaban J connectivity index is 2.91. The zero-order valence-corrected chi connectivity index (χ0v) is 10.4. The average molecular weight is 237 g/mol. The molecule has 0 radical (unpaired) electrons. The standard InChI is InChI=1S/C14H17F2N/c1-13(2,3)11-5-7-12(8-6-11)14(15,16)9-4-10-17/h5-8H,4,9H2,1-3H3. The predicted octanol–water partition coefficient (Wildman–Crippen LogP) is 4.38.